The van der Waals surface area contributed by atoms with Crippen LogP contribution in [0.15, 0.2) is 48.5 Å². The zero-order valence-corrected chi connectivity index (χ0v) is 18.3. The van der Waals surface area contributed by atoms with Crippen LogP contribution in [-0.4, -0.2) is 72.8 Å². The Kier molecular flexibility index (Phi) is 5.14. The molecule has 3 aliphatic heterocycles. The van der Waals surface area contributed by atoms with Crippen LogP contribution in [0.5, 0.6) is 0 Å². The Balaban J connectivity index is 1.23. The van der Waals surface area contributed by atoms with Crippen molar-refractivity contribution in [3.8, 4) is 0 Å². The number of non-ortho nitro benzene ring substituents is 1. The van der Waals surface area contributed by atoms with E-state index in [4.69, 9.17) is 4.74 Å². The molecule has 174 valence electrons. The molecule has 2 aromatic carbocycles. The first-order valence-electron chi connectivity index (χ1n) is 10.2. The predicted molar refractivity (Wildman–Crippen MR) is 117 cm³/mol. The van der Waals surface area contributed by atoms with Gasteiger partial charge in [-0.25, -0.2) is 4.79 Å². The summed E-state index contributed by atoms with van der Waals surface area (Å²) in [7, 11) is 0. The minimum Gasteiger partial charge on any atom is -0.459 e. The molecule has 34 heavy (non-hydrogen) atoms. The maximum Gasteiger partial charge on any atom is 0.341 e. The quantitative estimate of drug-likeness (QED) is 0.216. The van der Waals surface area contributed by atoms with Crippen LogP contribution in [0.4, 0.5) is 5.69 Å². The number of β-lactam (4-membered cyclic amide) rings is 1. The van der Waals surface area contributed by atoms with Crippen LogP contribution >= 0.6 is 11.8 Å². The van der Waals surface area contributed by atoms with E-state index < -0.39 is 45.6 Å². The van der Waals surface area contributed by atoms with E-state index in [1.165, 1.54) is 41.3 Å². The predicted octanol–water partition coefficient (Wildman–Crippen LogP) is 0.949. The molecule has 0 aliphatic carbocycles. The van der Waals surface area contributed by atoms with E-state index in [1.807, 2.05) is 0 Å². The smallest absolute Gasteiger partial charge is 0.341 e. The van der Waals surface area contributed by atoms with Crippen LogP contribution in [-0.2, 0) is 20.9 Å². The van der Waals surface area contributed by atoms with Gasteiger partial charge in [-0.15, -0.1) is 11.8 Å². The second-order valence-corrected chi connectivity index (χ2v) is 9.27. The van der Waals surface area contributed by atoms with Gasteiger partial charge in [0, 0.05) is 17.9 Å². The second-order valence-electron chi connectivity index (χ2n) is 8.17. The number of aliphatic hydroxyl groups is 1. The Morgan fingerprint density at radius 1 is 1.12 bits per heavy atom. The van der Waals surface area contributed by atoms with Crippen LogP contribution in [0, 0.1) is 10.1 Å². The number of fused-ring (bicyclic) bond motifs is 2. The van der Waals surface area contributed by atoms with Crippen LogP contribution in [0.25, 0.3) is 0 Å². The van der Waals surface area contributed by atoms with Gasteiger partial charge in [-0.05, 0) is 29.8 Å². The van der Waals surface area contributed by atoms with E-state index in [0.29, 0.717) is 5.56 Å². The normalized spacial score (nSPS) is 25.5. The lowest BCUT2D eigenvalue weighted by atomic mass is 9.98. The summed E-state index contributed by atoms with van der Waals surface area (Å²) >= 11 is 1.09. The summed E-state index contributed by atoms with van der Waals surface area (Å²) in [5, 5.41) is 21.0. The van der Waals surface area contributed by atoms with E-state index >= 15 is 0 Å². The molecule has 0 radical (unpaired) electrons. The number of benzene rings is 2. The Morgan fingerprint density at radius 3 is 2.32 bits per heavy atom. The molecule has 3 amide bonds. The van der Waals surface area contributed by atoms with E-state index in [1.54, 1.807) is 12.1 Å². The summed E-state index contributed by atoms with van der Waals surface area (Å²) in [6.45, 7) is -0.541. The summed E-state index contributed by atoms with van der Waals surface area (Å²) in [5.74, 6) is -2.65. The molecule has 12 heteroatoms. The molecule has 0 saturated carbocycles. The largest absolute Gasteiger partial charge is 0.459 e. The van der Waals surface area contributed by atoms with Crippen molar-refractivity contribution >= 4 is 41.1 Å². The third-order valence-corrected chi connectivity index (χ3v) is 7.54. The molecule has 3 atom stereocenters. The molecule has 2 aromatic rings. The van der Waals surface area contributed by atoms with Crippen LogP contribution in [0.1, 0.15) is 26.3 Å². The lowest BCUT2D eigenvalue weighted by Gasteiger charge is -2.54. The number of ether oxygens (including phenoxy) is 1. The minimum atomic E-state index is -1.97. The average Bonchev–Trinajstić information content (AvgIpc) is 3.08. The number of carbonyl (C=O) groups is 4. The van der Waals surface area contributed by atoms with Crippen LogP contribution in [0.2, 0.25) is 0 Å². The lowest BCUT2D eigenvalue weighted by Crippen LogP contribution is -2.75. The van der Waals surface area contributed by atoms with Crippen molar-refractivity contribution in [2.45, 2.75) is 23.6 Å². The summed E-state index contributed by atoms with van der Waals surface area (Å²) in [5.41, 5.74) is -1.09. The number of amides is 3. The van der Waals surface area contributed by atoms with Gasteiger partial charge in [0.1, 0.15) is 18.0 Å². The van der Waals surface area contributed by atoms with Crippen LogP contribution < -0.4 is 0 Å². The number of hydrogen-bond donors (Lipinski definition) is 1. The monoisotopic (exact) mass is 483 g/mol. The van der Waals surface area contributed by atoms with Gasteiger partial charge < -0.3 is 14.7 Å². The minimum absolute atomic E-state index is 0.0970. The molecule has 11 nitrogen and oxygen atoms in total. The van der Waals surface area contributed by atoms with E-state index in [9.17, 15) is 34.4 Å². The van der Waals surface area contributed by atoms with Gasteiger partial charge in [0.15, 0.2) is 5.60 Å². The van der Waals surface area contributed by atoms with Gasteiger partial charge in [0.05, 0.1) is 22.6 Å². The molecule has 5 rings (SSSR count). The molecule has 3 heterocycles. The molecule has 3 aliphatic rings. The zero-order chi connectivity index (χ0) is 24.2. The molecule has 1 N–H and O–H groups in total. The fourth-order valence-corrected chi connectivity index (χ4v) is 5.66. The summed E-state index contributed by atoms with van der Waals surface area (Å²) in [6, 6.07) is 10.8. The highest BCUT2D eigenvalue weighted by atomic mass is 32.2. The fourth-order valence-electron chi connectivity index (χ4n) is 4.22. The van der Waals surface area contributed by atoms with Crippen LogP contribution in [0.3, 0.4) is 0 Å². The second kappa shape index (κ2) is 7.92. The Labute approximate surface area is 196 Å². The first kappa shape index (κ1) is 22.0. The number of imide groups is 1. The summed E-state index contributed by atoms with van der Waals surface area (Å²) in [4.78, 5) is 63.3. The van der Waals surface area contributed by atoms with E-state index in [-0.39, 0.29) is 35.7 Å². The first-order chi connectivity index (χ1) is 16.2. The van der Waals surface area contributed by atoms with Crippen molar-refractivity contribution in [3.63, 3.8) is 0 Å². The zero-order valence-electron chi connectivity index (χ0n) is 17.4. The van der Waals surface area contributed by atoms with Crippen molar-refractivity contribution < 1.29 is 33.9 Å². The highest BCUT2D eigenvalue weighted by Crippen LogP contribution is 2.43. The van der Waals surface area contributed by atoms with E-state index in [0.717, 1.165) is 16.7 Å². The summed E-state index contributed by atoms with van der Waals surface area (Å²) in [6.07, 6.45) is 0. The highest BCUT2D eigenvalue weighted by molar-refractivity contribution is 8.00. The number of esters is 1. The summed E-state index contributed by atoms with van der Waals surface area (Å²) < 4.78 is 5.19. The molecular weight excluding hydrogens is 466 g/mol. The number of carbonyl (C=O) groups excluding carboxylic acids is 4. The fraction of sp³-hybridized carbons (Fsp3) is 0.273. The molecule has 0 aromatic heterocycles. The SMILES string of the molecule is O=C1c2ccccc2C(=O)N1C1C(=O)N2CC(O)(C(=O)OCc3ccc([N+](=O)[O-])cc3)CS[C@H]12. The first-order valence-corrected chi connectivity index (χ1v) is 11.3. The Morgan fingerprint density at radius 2 is 1.74 bits per heavy atom. The third-order valence-electron chi connectivity index (χ3n) is 6.04. The Hall–Kier alpha value is -3.77. The number of hydrogen-bond acceptors (Lipinski definition) is 9. The van der Waals surface area contributed by atoms with Gasteiger partial charge in [-0.1, -0.05) is 12.1 Å². The van der Waals surface area contributed by atoms with Gasteiger partial charge in [0.2, 0.25) is 5.91 Å². The molecule has 2 saturated heterocycles. The number of nitro groups is 1. The number of nitrogens with zero attached hydrogens (tertiary/aromatic N) is 3. The molecule has 2 unspecified atom stereocenters. The molecule has 0 spiro atoms. The van der Waals surface area contributed by atoms with Gasteiger partial charge in [0.25, 0.3) is 17.5 Å². The van der Waals surface area contributed by atoms with Crippen molar-refractivity contribution in [2.75, 3.05) is 12.3 Å². The molecule has 0 bridgehead atoms. The topological polar surface area (TPSA) is 147 Å². The number of rotatable bonds is 5. The van der Waals surface area contributed by atoms with Crippen molar-refractivity contribution in [3.05, 3.63) is 75.3 Å². The lowest BCUT2D eigenvalue weighted by molar-refractivity contribution is -0.384. The standard InChI is InChI=1S/C22H17N3O8S/c26-17-14-3-1-2-4-15(14)18(27)24(17)16-19(28)23-10-22(30,11-34-20(16)23)21(29)33-9-12-5-7-13(8-6-12)25(31)32/h1-8,16,20,30H,9-11H2/t16?,20-,22?/m1/s1. The van der Waals surface area contributed by atoms with Crippen molar-refractivity contribution in [1.29, 1.82) is 0 Å². The van der Waals surface area contributed by atoms with Crippen molar-refractivity contribution in [2.24, 2.45) is 0 Å². The molecule has 2 fully saturated rings. The van der Waals surface area contributed by atoms with Crippen molar-refractivity contribution in [1.82, 2.24) is 9.80 Å². The number of thioether (sulfide) groups is 1. The highest BCUT2D eigenvalue weighted by Gasteiger charge is 2.61. The third kappa shape index (κ3) is 3.33. The maximum absolute atomic E-state index is 12.9. The Bertz CT molecular complexity index is 1210. The van der Waals surface area contributed by atoms with Gasteiger partial charge >= 0.3 is 5.97 Å². The van der Waals surface area contributed by atoms with Gasteiger partial charge in [-0.2, -0.15) is 0 Å². The van der Waals surface area contributed by atoms with E-state index in [2.05, 4.69) is 0 Å². The average molecular weight is 483 g/mol. The maximum atomic E-state index is 12.9. The molecular formula is C22H17N3O8S. The number of nitro benzene ring substituents is 1. The van der Waals surface area contributed by atoms with Gasteiger partial charge in [-0.3, -0.25) is 29.4 Å².